The number of halogens is 1. The molecule has 0 aliphatic heterocycles. The zero-order valence-electron chi connectivity index (χ0n) is 8.80. The Morgan fingerprint density at radius 1 is 1.50 bits per heavy atom. The molecule has 2 unspecified atom stereocenters. The predicted molar refractivity (Wildman–Crippen MR) is 72.9 cm³/mol. The van der Waals surface area contributed by atoms with Gasteiger partial charge in [-0.25, -0.2) is 0 Å². The summed E-state index contributed by atoms with van der Waals surface area (Å²) in [5.74, 6) is 0.968. The lowest BCUT2D eigenvalue weighted by Gasteiger charge is -2.25. The van der Waals surface area contributed by atoms with E-state index < -0.39 is 0 Å². The molecule has 0 radical (unpaired) electrons. The van der Waals surface area contributed by atoms with Gasteiger partial charge in [-0.05, 0) is 60.6 Å². The van der Waals surface area contributed by atoms with Gasteiger partial charge in [-0.2, -0.15) is 0 Å². The van der Waals surface area contributed by atoms with E-state index in [0.717, 1.165) is 12.2 Å². The van der Waals surface area contributed by atoms with E-state index >= 15 is 0 Å². The van der Waals surface area contributed by atoms with Crippen LogP contribution in [-0.4, -0.2) is 5.34 Å². The minimum absolute atomic E-state index is 0.158. The molecule has 0 aromatic heterocycles. The van der Waals surface area contributed by atoms with Crippen molar-refractivity contribution < 1.29 is 4.74 Å². The Morgan fingerprint density at radius 2 is 2.14 bits per heavy atom. The van der Waals surface area contributed by atoms with Crippen LogP contribution in [0.25, 0.3) is 0 Å². The van der Waals surface area contributed by atoms with Crippen LogP contribution in [0.4, 0.5) is 0 Å². The lowest BCUT2D eigenvalue weighted by molar-refractivity contribution is 0.179. The van der Waals surface area contributed by atoms with Crippen LogP contribution in [0.2, 0.25) is 0 Å². The van der Waals surface area contributed by atoms with Gasteiger partial charge in [-0.15, -0.1) is 0 Å². The van der Waals surface area contributed by atoms with Crippen molar-refractivity contribution in [1.82, 2.24) is 0 Å². The monoisotopic (exact) mass is 322 g/mol. The van der Waals surface area contributed by atoms with Crippen molar-refractivity contribution in [2.75, 3.05) is 0 Å². The summed E-state index contributed by atoms with van der Waals surface area (Å²) in [6.07, 6.45) is 0.974. The smallest absolute Gasteiger partial charge is 0.133 e. The van der Waals surface area contributed by atoms with Gasteiger partial charge in [0.15, 0.2) is 0 Å². The maximum Gasteiger partial charge on any atom is 0.133 e. The average molecular weight is 322 g/mol. The fourth-order valence-electron chi connectivity index (χ4n) is 1.01. The van der Waals surface area contributed by atoms with Gasteiger partial charge in [0.05, 0.1) is 3.57 Å². The van der Waals surface area contributed by atoms with Crippen LogP contribution in [0.15, 0.2) is 18.2 Å². The number of ether oxygens (including phenoxy) is 1. The molecule has 1 rings (SSSR count). The molecule has 0 fully saturated rings. The normalized spacial score (nSPS) is 14.9. The van der Waals surface area contributed by atoms with E-state index in [9.17, 15) is 0 Å². The van der Waals surface area contributed by atoms with Crippen LogP contribution in [-0.2, 0) is 0 Å². The van der Waals surface area contributed by atoms with E-state index in [1.807, 2.05) is 6.07 Å². The molecule has 78 valence electrons. The minimum atomic E-state index is -0.158. The zero-order chi connectivity index (χ0) is 10.8. The molecule has 3 heteroatoms. The van der Waals surface area contributed by atoms with Crippen LogP contribution >= 0.6 is 31.8 Å². The minimum Gasteiger partial charge on any atom is -0.483 e. The van der Waals surface area contributed by atoms with Gasteiger partial charge < -0.3 is 4.74 Å². The Hall–Kier alpha value is 0.180. The molecule has 0 spiro atoms. The maximum atomic E-state index is 5.89. The summed E-state index contributed by atoms with van der Waals surface area (Å²) in [7, 11) is 2.75. The Labute approximate surface area is 102 Å². The number of hydrogen-bond donors (Lipinski definition) is 0. The molecular weight excluding hydrogens is 306 g/mol. The SMILES string of the molecule is CCC(C)(P)Oc1ccc(C)cc1I. The van der Waals surface area contributed by atoms with E-state index in [4.69, 9.17) is 4.74 Å². The van der Waals surface area contributed by atoms with Gasteiger partial charge in [0, 0.05) is 0 Å². The van der Waals surface area contributed by atoms with E-state index in [2.05, 4.69) is 64.7 Å². The second-order valence-corrected chi connectivity index (χ2v) is 6.09. The molecule has 1 aromatic carbocycles. The standard InChI is InChI=1S/C11H16IOP/c1-4-11(3,14)13-10-6-5-8(2)7-9(10)12/h5-7H,4,14H2,1-3H3. The summed E-state index contributed by atoms with van der Waals surface area (Å²) in [5, 5.41) is -0.158. The molecule has 0 aliphatic rings. The molecule has 14 heavy (non-hydrogen) atoms. The maximum absolute atomic E-state index is 5.89. The van der Waals surface area contributed by atoms with Gasteiger partial charge in [0.25, 0.3) is 0 Å². The molecule has 0 saturated carbocycles. The van der Waals surface area contributed by atoms with Crippen molar-refractivity contribution in [3.05, 3.63) is 27.3 Å². The first kappa shape index (κ1) is 12.3. The fourth-order valence-corrected chi connectivity index (χ4v) is 1.92. The first-order valence-corrected chi connectivity index (χ1v) is 6.34. The Bertz CT molecular complexity index is 323. The van der Waals surface area contributed by atoms with E-state index in [1.165, 1.54) is 9.13 Å². The predicted octanol–water partition coefficient (Wildman–Crippen LogP) is 3.98. The third-order valence-corrected chi connectivity index (χ3v) is 3.50. The van der Waals surface area contributed by atoms with Crippen LogP contribution in [0.1, 0.15) is 25.8 Å². The number of aryl methyl sites for hydroxylation is 1. The highest BCUT2D eigenvalue weighted by molar-refractivity contribution is 14.1. The average Bonchev–Trinajstić information content (AvgIpc) is 2.10. The fraction of sp³-hybridized carbons (Fsp3) is 0.455. The number of hydrogen-bond acceptors (Lipinski definition) is 1. The Kier molecular flexibility index (Phi) is 4.20. The summed E-state index contributed by atoms with van der Waals surface area (Å²) in [4.78, 5) is 0. The largest absolute Gasteiger partial charge is 0.483 e. The van der Waals surface area contributed by atoms with Crippen molar-refractivity contribution in [3.8, 4) is 5.75 Å². The Balaban J connectivity index is 2.87. The highest BCUT2D eigenvalue weighted by Gasteiger charge is 2.18. The van der Waals surface area contributed by atoms with Crippen LogP contribution in [0.3, 0.4) is 0 Å². The van der Waals surface area contributed by atoms with Crippen LogP contribution < -0.4 is 4.74 Å². The third-order valence-electron chi connectivity index (χ3n) is 2.13. The van der Waals surface area contributed by atoms with Gasteiger partial charge >= 0.3 is 0 Å². The zero-order valence-corrected chi connectivity index (χ0v) is 12.1. The van der Waals surface area contributed by atoms with Crippen molar-refractivity contribution in [3.63, 3.8) is 0 Å². The second kappa shape index (κ2) is 4.80. The molecular formula is C11H16IOP. The molecule has 0 heterocycles. The van der Waals surface area contributed by atoms with Crippen molar-refractivity contribution >= 4 is 31.8 Å². The van der Waals surface area contributed by atoms with Gasteiger partial charge in [-0.3, -0.25) is 0 Å². The first-order chi connectivity index (χ1) is 6.44. The lowest BCUT2D eigenvalue weighted by atomic mass is 10.2. The molecule has 0 N–H and O–H groups in total. The van der Waals surface area contributed by atoms with Crippen molar-refractivity contribution in [2.45, 2.75) is 32.5 Å². The Morgan fingerprint density at radius 3 is 2.64 bits per heavy atom. The molecule has 0 bridgehead atoms. The summed E-state index contributed by atoms with van der Waals surface area (Å²) in [6.45, 7) is 6.29. The van der Waals surface area contributed by atoms with Crippen molar-refractivity contribution in [1.29, 1.82) is 0 Å². The van der Waals surface area contributed by atoms with E-state index in [1.54, 1.807) is 0 Å². The van der Waals surface area contributed by atoms with Crippen molar-refractivity contribution in [2.24, 2.45) is 0 Å². The van der Waals surface area contributed by atoms with E-state index in [0.29, 0.717) is 0 Å². The highest BCUT2D eigenvalue weighted by atomic mass is 127. The molecule has 0 amide bonds. The molecule has 0 saturated heterocycles. The summed E-state index contributed by atoms with van der Waals surface area (Å²) < 4.78 is 7.06. The van der Waals surface area contributed by atoms with Gasteiger partial charge in [0.1, 0.15) is 11.1 Å². The molecule has 2 atom stereocenters. The topological polar surface area (TPSA) is 9.23 Å². The van der Waals surface area contributed by atoms with E-state index in [-0.39, 0.29) is 5.34 Å². The number of benzene rings is 1. The third kappa shape index (κ3) is 3.39. The second-order valence-electron chi connectivity index (χ2n) is 3.70. The molecule has 1 nitrogen and oxygen atoms in total. The summed E-state index contributed by atoms with van der Waals surface area (Å²) in [6, 6.07) is 6.25. The highest BCUT2D eigenvalue weighted by Crippen LogP contribution is 2.30. The summed E-state index contributed by atoms with van der Waals surface area (Å²) >= 11 is 2.31. The van der Waals surface area contributed by atoms with Gasteiger partial charge in [-0.1, -0.05) is 22.2 Å². The summed E-state index contributed by atoms with van der Waals surface area (Å²) in [5.41, 5.74) is 1.27. The first-order valence-electron chi connectivity index (χ1n) is 4.68. The number of rotatable bonds is 3. The van der Waals surface area contributed by atoms with Crippen LogP contribution in [0.5, 0.6) is 5.75 Å². The molecule has 1 aromatic rings. The van der Waals surface area contributed by atoms with Crippen LogP contribution in [0, 0.1) is 10.5 Å². The quantitative estimate of drug-likeness (QED) is 0.604. The lowest BCUT2D eigenvalue weighted by Crippen LogP contribution is -2.23. The van der Waals surface area contributed by atoms with Gasteiger partial charge in [0.2, 0.25) is 0 Å². The molecule has 0 aliphatic carbocycles.